The van der Waals surface area contributed by atoms with Gasteiger partial charge in [-0.05, 0) is 77.0 Å². The standard InChI is InChI=1S/C55H101NO5/c1-3-5-7-9-11-13-15-17-18-19-20-21-22-25-29-33-37-41-45-49-55(60)61-50-46-42-38-34-30-26-23-24-28-32-36-40-44-48-54(59)56-52(51-57)53(58)47-43-39-35-31-27-16-14-12-10-8-6-4-2/h11,13,17-18,24,28,36,40,52-53,57-58H,3-10,12,14-16,19-23,25-27,29-35,37-39,41-51H2,1-2H3,(H,56,59)/b13-11-,18-17-,28-24-,40-36-. The molecular weight excluding hydrogens is 755 g/mol. The number of unbranched alkanes of at least 4 members (excludes halogenated alkanes) is 29. The van der Waals surface area contributed by atoms with Crippen molar-refractivity contribution in [2.45, 2.75) is 276 Å². The predicted molar refractivity (Wildman–Crippen MR) is 264 cm³/mol. The lowest BCUT2D eigenvalue weighted by Gasteiger charge is -2.22. The molecule has 0 saturated carbocycles. The molecule has 6 heteroatoms. The Kier molecular flexibility index (Phi) is 48.7. The number of esters is 1. The van der Waals surface area contributed by atoms with Gasteiger partial charge < -0.3 is 20.3 Å². The van der Waals surface area contributed by atoms with E-state index >= 15 is 0 Å². The summed E-state index contributed by atoms with van der Waals surface area (Å²) >= 11 is 0. The zero-order valence-corrected chi connectivity index (χ0v) is 40.4. The Balaban J connectivity index is 3.53. The number of hydrogen-bond acceptors (Lipinski definition) is 5. The zero-order valence-electron chi connectivity index (χ0n) is 40.4. The van der Waals surface area contributed by atoms with E-state index in [-0.39, 0.29) is 18.5 Å². The van der Waals surface area contributed by atoms with E-state index in [1.807, 2.05) is 6.08 Å². The van der Waals surface area contributed by atoms with Crippen molar-refractivity contribution in [1.29, 1.82) is 0 Å². The van der Waals surface area contributed by atoms with Crippen molar-refractivity contribution in [2.75, 3.05) is 13.2 Å². The Labute approximate surface area is 378 Å². The van der Waals surface area contributed by atoms with Crippen LogP contribution in [0.1, 0.15) is 264 Å². The van der Waals surface area contributed by atoms with E-state index in [1.165, 1.54) is 167 Å². The van der Waals surface area contributed by atoms with Crippen molar-refractivity contribution < 1.29 is 24.5 Å². The molecule has 0 aliphatic rings. The third-order valence-electron chi connectivity index (χ3n) is 11.9. The van der Waals surface area contributed by atoms with Crippen molar-refractivity contribution in [3.8, 4) is 0 Å². The number of carbonyl (C=O) groups excluding carboxylic acids is 2. The summed E-state index contributed by atoms with van der Waals surface area (Å²) in [5, 5.41) is 23.1. The SMILES string of the molecule is CCCCC/C=C\C/C=C\CCCCCCCCCCCC(=O)OCCCCCCCC/C=C\C/C=C\CCC(=O)NC(CO)C(O)CCCCCCCCCCCCCC. The molecule has 0 aromatic heterocycles. The van der Waals surface area contributed by atoms with Crippen LogP contribution in [-0.2, 0) is 14.3 Å². The highest BCUT2D eigenvalue weighted by molar-refractivity contribution is 5.76. The Morgan fingerprint density at radius 3 is 1.31 bits per heavy atom. The van der Waals surface area contributed by atoms with E-state index < -0.39 is 12.1 Å². The molecule has 0 radical (unpaired) electrons. The maximum absolute atomic E-state index is 12.4. The van der Waals surface area contributed by atoms with Crippen molar-refractivity contribution in [3.05, 3.63) is 48.6 Å². The molecule has 0 saturated heterocycles. The fourth-order valence-corrected chi connectivity index (χ4v) is 7.78. The smallest absolute Gasteiger partial charge is 0.305 e. The van der Waals surface area contributed by atoms with Crippen LogP contribution in [0.5, 0.6) is 0 Å². The number of rotatable bonds is 48. The minimum absolute atomic E-state index is 0.0216. The molecule has 6 nitrogen and oxygen atoms in total. The molecule has 0 spiro atoms. The van der Waals surface area contributed by atoms with Crippen molar-refractivity contribution in [2.24, 2.45) is 0 Å². The second-order valence-electron chi connectivity index (χ2n) is 17.8. The van der Waals surface area contributed by atoms with Crippen molar-refractivity contribution in [1.82, 2.24) is 5.32 Å². The highest BCUT2D eigenvalue weighted by Crippen LogP contribution is 2.15. The van der Waals surface area contributed by atoms with Crippen LogP contribution in [0.15, 0.2) is 48.6 Å². The molecule has 0 aliphatic heterocycles. The Bertz CT molecular complexity index is 1040. The number of aliphatic hydroxyl groups is 2. The van der Waals surface area contributed by atoms with Gasteiger partial charge in [-0.25, -0.2) is 0 Å². The van der Waals surface area contributed by atoms with Crippen LogP contribution in [0.2, 0.25) is 0 Å². The van der Waals surface area contributed by atoms with Gasteiger partial charge in [0.2, 0.25) is 5.91 Å². The molecule has 0 bridgehead atoms. The quantitative estimate of drug-likeness (QED) is 0.0322. The third-order valence-corrected chi connectivity index (χ3v) is 11.9. The molecule has 0 aliphatic carbocycles. The minimum Gasteiger partial charge on any atom is -0.466 e. The molecule has 3 N–H and O–H groups in total. The molecule has 356 valence electrons. The largest absolute Gasteiger partial charge is 0.466 e. The van der Waals surface area contributed by atoms with Crippen LogP contribution in [-0.4, -0.2) is 47.4 Å². The molecule has 0 aromatic carbocycles. The van der Waals surface area contributed by atoms with E-state index in [2.05, 4.69) is 61.7 Å². The average molecular weight is 856 g/mol. The second kappa shape index (κ2) is 50.5. The first-order chi connectivity index (χ1) is 30.0. The minimum atomic E-state index is -0.699. The van der Waals surface area contributed by atoms with Gasteiger partial charge in [-0.2, -0.15) is 0 Å². The van der Waals surface area contributed by atoms with Crippen LogP contribution in [0.25, 0.3) is 0 Å². The Morgan fingerprint density at radius 1 is 0.459 bits per heavy atom. The zero-order chi connectivity index (χ0) is 44.4. The first-order valence-corrected chi connectivity index (χ1v) is 26.4. The van der Waals surface area contributed by atoms with E-state index in [1.54, 1.807) is 0 Å². The van der Waals surface area contributed by atoms with E-state index in [0.717, 1.165) is 57.8 Å². The number of amides is 1. The molecule has 0 heterocycles. The Hall–Kier alpha value is -2.18. The maximum atomic E-state index is 12.4. The second-order valence-corrected chi connectivity index (χ2v) is 17.8. The van der Waals surface area contributed by atoms with Gasteiger partial charge in [-0.3, -0.25) is 9.59 Å². The molecule has 0 aromatic rings. The van der Waals surface area contributed by atoms with Crippen LogP contribution in [0, 0.1) is 0 Å². The van der Waals surface area contributed by atoms with E-state index in [9.17, 15) is 19.8 Å². The lowest BCUT2D eigenvalue weighted by atomic mass is 10.0. The molecule has 2 atom stereocenters. The van der Waals surface area contributed by atoms with Gasteiger partial charge in [0.1, 0.15) is 0 Å². The fraction of sp³-hybridized carbons (Fsp3) is 0.818. The first-order valence-electron chi connectivity index (χ1n) is 26.4. The van der Waals surface area contributed by atoms with Crippen LogP contribution >= 0.6 is 0 Å². The Morgan fingerprint density at radius 2 is 0.836 bits per heavy atom. The normalized spacial score (nSPS) is 13.0. The summed E-state index contributed by atoms with van der Waals surface area (Å²) in [6, 6.07) is -0.585. The highest BCUT2D eigenvalue weighted by Gasteiger charge is 2.19. The summed E-state index contributed by atoms with van der Waals surface area (Å²) in [6.45, 7) is 4.85. The van der Waals surface area contributed by atoms with Gasteiger partial charge in [0.25, 0.3) is 0 Å². The van der Waals surface area contributed by atoms with Crippen molar-refractivity contribution >= 4 is 11.9 Å². The highest BCUT2D eigenvalue weighted by atomic mass is 16.5. The lowest BCUT2D eigenvalue weighted by Crippen LogP contribution is -2.45. The van der Waals surface area contributed by atoms with Gasteiger partial charge in [-0.15, -0.1) is 0 Å². The van der Waals surface area contributed by atoms with Gasteiger partial charge in [0.05, 0.1) is 25.4 Å². The summed E-state index contributed by atoms with van der Waals surface area (Å²) in [5.41, 5.74) is 0. The number of carbonyl (C=O) groups is 2. The molecule has 2 unspecified atom stereocenters. The van der Waals surface area contributed by atoms with E-state index in [4.69, 9.17) is 4.74 Å². The predicted octanol–water partition coefficient (Wildman–Crippen LogP) is 15.8. The molecule has 0 fully saturated rings. The van der Waals surface area contributed by atoms with Crippen LogP contribution < -0.4 is 5.32 Å². The summed E-state index contributed by atoms with van der Waals surface area (Å²) in [5.74, 6) is -0.139. The molecule has 1 amide bonds. The number of allylic oxidation sites excluding steroid dienone is 8. The monoisotopic (exact) mass is 856 g/mol. The average Bonchev–Trinajstić information content (AvgIpc) is 3.26. The maximum Gasteiger partial charge on any atom is 0.305 e. The summed E-state index contributed by atoms with van der Waals surface area (Å²) in [7, 11) is 0. The molecule has 0 rings (SSSR count). The number of nitrogens with one attached hydrogen (secondary N) is 1. The molecular formula is C55H101NO5. The lowest BCUT2D eigenvalue weighted by molar-refractivity contribution is -0.143. The van der Waals surface area contributed by atoms with Crippen LogP contribution in [0.3, 0.4) is 0 Å². The first kappa shape index (κ1) is 58.8. The van der Waals surface area contributed by atoms with Crippen LogP contribution in [0.4, 0.5) is 0 Å². The van der Waals surface area contributed by atoms with Crippen molar-refractivity contribution in [3.63, 3.8) is 0 Å². The molecule has 61 heavy (non-hydrogen) atoms. The van der Waals surface area contributed by atoms with E-state index in [0.29, 0.717) is 32.3 Å². The van der Waals surface area contributed by atoms with Gasteiger partial charge in [0, 0.05) is 12.8 Å². The van der Waals surface area contributed by atoms with Gasteiger partial charge in [0.15, 0.2) is 0 Å². The topological polar surface area (TPSA) is 95.9 Å². The summed E-state index contributed by atoms with van der Waals surface area (Å²) in [4.78, 5) is 24.4. The number of hydrogen-bond donors (Lipinski definition) is 3. The third kappa shape index (κ3) is 47.1. The van der Waals surface area contributed by atoms with Gasteiger partial charge >= 0.3 is 5.97 Å². The van der Waals surface area contributed by atoms with Gasteiger partial charge in [-0.1, -0.05) is 223 Å². The summed E-state index contributed by atoms with van der Waals surface area (Å²) in [6.07, 6.45) is 62.4. The number of aliphatic hydroxyl groups excluding tert-OH is 2. The number of ether oxygens (including phenoxy) is 1. The summed E-state index contributed by atoms with van der Waals surface area (Å²) < 4.78 is 5.46. The fourth-order valence-electron chi connectivity index (χ4n) is 7.78.